The van der Waals surface area contributed by atoms with Crippen LogP contribution in [-0.2, 0) is 0 Å². The molecule has 1 heterocycles. The lowest BCUT2D eigenvalue weighted by molar-refractivity contribution is -0.386. The van der Waals surface area contributed by atoms with Crippen LogP contribution in [0, 0.1) is 10.1 Å². The number of nitro groups is 1. The van der Waals surface area contributed by atoms with Crippen molar-refractivity contribution in [2.24, 2.45) is 0 Å². The smallest absolute Gasteiger partial charge is 0.332 e. The minimum Gasteiger partial charge on any atom is -0.391 e. The standard InChI is InChI=1S/C9H12N2O4/c1-6(7(2)12)10-4-3-9(13)8(5-10)11(14)15/h3-7,12H,1-2H3. The molecular formula is C9H12N2O4. The molecule has 15 heavy (non-hydrogen) atoms. The third kappa shape index (κ3) is 2.41. The summed E-state index contributed by atoms with van der Waals surface area (Å²) in [5, 5.41) is 19.8. The molecule has 1 aromatic rings. The van der Waals surface area contributed by atoms with Crippen molar-refractivity contribution < 1.29 is 10.0 Å². The van der Waals surface area contributed by atoms with Crippen LogP contribution in [0.5, 0.6) is 0 Å². The molecule has 1 rings (SSSR count). The van der Waals surface area contributed by atoms with Crippen LogP contribution >= 0.6 is 0 Å². The molecule has 0 aliphatic rings. The van der Waals surface area contributed by atoms with E-state index in [-0.39, 0.29) is 6.04 Å². The van der Waals surface area contributed by atoms with Crippen LogP contribution in [0.1, 0.15) is 19.9 Å². The molecule has 1 aromatic heterocycles. The monoisotopic (exact) mass is 212 g/mol. The lowest BCUT2D eigenvalue weighted by Crippen LogP contribution is -2.20. The number of aliphatic hydroxyl groups excluding tert-OH is 1. The quantitative estimate of drug-likeness (QED) is 0.590. The second kappa shape index (κ2) is 4.22. The lowest BCUT2D eigenvalue weighted by atomic mass is 10.2. The highest BCUT2D eigenvalue weighted by Gasteiger charge is 2.16. The lowest BCUT2D eigenvalue weighted by Gasteiger charge is -2.17. The van der Waals surface area contributed by atoms with Crippen LogP contribution in [0.2, 0.25) is 0 Å². The fourth-order valence-electron chi connectivity index (χ4n) is 1.13. The van der Waals surface area contributed by atoms with Gasteiger partial charge in [0, 0.05) is 12.3 Å². The van der Waals surface area contributed by atoms with E-state index >= 15 is 0 Å². The number of hydrogen-bond donors (Lipinski definition) is 1. The van der Waals surface area contributed by atoms with Crippen molar-refractivity contribution >= 4 is 5.69 Å². The SMILES string of the molecule is CC(O)C(C)n1ccc(=O)c([N+](=O)[O-])c1. The molecular weight excluding hydrogens is 200 g/mol. The Bertz CT molecular complexity index is 424. The molecule has 0 amide bonds. The second-order valence-electron chi connectivity index (χ2n) is 3.38. The summed E-state index contributed by atoms with van der Waals surface area (Å²) in [6, 6.07) is 0.807. The van der Waals surface area contributed by atoms with Crippen LogP contribution in [0.25, 0.3) is 0 Å². The molecule has 0 bridgehead atoms. The van der Waals surface area contributed by atoms with Crippen LogP contribution in [0.15, 0.2) is 23.3 Å². The Kier molecular flexibility index (Phi) is 3.21. The van der Waals surface area contributed by atoms with Gasteiger partial charge in [-0.1, -0.05) is 0 Å². The van der Waals surface area contributed by atoms with Crippen molar-refractivity contribution in [1.82, 2.24) is 4.57 Å². The van der Waals surface area contributed by atoms with E-state index in [1.807, 2.05) is 0 Å². The highest BCUT2D eigenvalue weighted by atomic mass is 16.6. The van der Waals surface area contributed by atoms with E-state index in [0.717, 1.165) is 12.3 Å². The molecule has 2 atom stereocenters. The molecule has 6 heteroatoms. The Morgan fingerprint density at radius 1 is 1.53 bits per heavy atom. The van der Waals surface area contributed by atoms with E-state index < -0.39 is 22.1 Å². The highest BCUT2D eigenvalue weighted by molar-refractivity contribution is 5.25. The van der Waals surface area contributed by atoms with E-state index in [4.69, 9.17) is 0 Å². The summed E-state index contributed by atoms with van der Waals surface area (Å²) in [5.74, 6) is 0. The summed E-state index contributed by atoms with van der Waals surface area (Å²) < 4.78 is 1.45. The van der Waals surface area contributed by atoms with Crippen molar-refractivity contribution in [3.8, 4) is 0 Å². The van der Waals surface area contributed by atoms with Gasteiger partial charge in [-0.2, -0.15) is 0 Å². The number of rotatable bonds is 3. The fourth-order valence-corrected chi connectivity index (χ4v) is 1.13. The Balaban J connectivity index is 3.19. The van der Waals surface area contributed by atoms with Crippen molar-refractivity contribution in [3.63, 3.8) is 0 Å². The Hall–Kier alpha value is -1.69. The number of aromatic nitrogens is 1. The summed E-state index contributed by atoms with van der Waals surface area (Å²) in [6.45, 7) is 3.29. The van der Waals surface area contributed by atoms with Crippen LogP contribution in [-0.4, -0.2) is 20.7 Å². The second-order valence-corrected chi connectivity index (χ2v) is 3.38. The maximum Gasteiger partial charge on any atom is 0.332 e. The predicted molar refractivity (Wildman–Crippen MR) is 53.7 cm³/mol. The van der Waals surface area contributed by atoms with Gasteiger partial charge in [-0.3, -0.25) is 14.9 Å². The maximum absolute atomic E-state index is 11.1. The van der Waals surface area contributed by atoms with E-state index in [9.17, 15) is 20.0 Å². The van der Waals surface area contributed by atoms with Crippen LogP contribution in [0.4, 0.5) is 5.69 Å². The van der Waals surface area contributed by atoms with Gasteiger partial charge in [-0.25, -0.2) is 0 Å². The summed E-state index contributed by atoms with van der Waals surface area (Å²) in [4.78, 5) is 20.9. The largest absolute Gasteiger partial charge is 0.391 e. The van der Waals surface area contributed by atoms with E-state index in [1.54, 1.807) is 13.8 Å². The maximum atomic E-state index is 11.1. The van der Waals surface area contributed by atoms with Crippen molar-refractivity contribution in [2.75, 3.05) is 0 Å². The number of pyridine rings is 1. The van der Waals surface area contributed by atoms with Crippen molar-refractivity contribution in [3.05, 3.63) is 38.8 Å². The molecule has 0 aliphatic carbocycles. The Labute approximate surface area is 85.9 Å². The molecule has 0 spiro atoms. The topological polar surface area (TPSA) is 85.4 Å². The van der Waals surface area contributed by atoms with E-state index in [1.165, 1.54) is 10.8 Å². The van der Waals surface area contributed by atoms with Gasteiger partial charge >= 0.3 is 5.69 Å². The average Bonchev–Trinajstić information content (AvgIpc) is 2.16. The Morgan fingerprint density at radius 3 is 2.60 bits per heavy atom. The summed E-state index contributed by atoms with van der Waals surface area (Å²) in [7, 11) is 0. The fraction of sp³-hybridized carbons (Fsp3) is 0.444. The first kappa shape index (κ1) is 11.4. The molecule has 2 unspecified atom stereocenters. The van der Waals surface area contributed by atoms with Crippen LogP contribution in [0.3, 0.4) is 0 Å². The molecule has 6 nitrogen and oxygen atoms in total. The van der Waals surface area contributed by atoms with E-state index in [0.29, 0.717) is 0 Å². The highest BCUT2D eigenvalue weighted by Crippen LogP contribution is 2.12. The predicted octanol–water partition coefficient (Wildman–Crippen LogP) is 0.698. The molecule has 0 saturated carbocycles. The number of hydrogen-bond acceptors (Lipinski definition) is 4. The molecule has 0 aromatic carbocycles. The Morgan fingerprint density at radius 2 is 2.13 bits per heavy atom. The van der Waals surface area contributed by atoms with Crippen LogP contribution < -0.4 is 5.43 Å². The zero-order valence-corrected chi connectivity index (χ0v) is 8.45. The first-order valence-corrected chi connectivity index (χ1v) is 4.47. The summed E-state index contributed by atoms with van der Waals surface area (Å²) >= 11 is 0. The average molecular weight is 212 g/mol. The van der Waals surface area contributed by atoms with E-state index in [2.05, 4.69) is 0 Å². The minimum absolute atomic E-state index is 0.315. The van der Waals surface area contributed by atoms with Crippen molar-refractivity contribution in [1.29, 1.82) is 0 Å². The summed E-state index contributed by atoms with van der Waals surface area (Å²) in [6.07, 6.45) is 1.92. The van der Waals surface area contributed by atoms with Crippen molar-refractivity contribution in [2.45, 2.75) is 26.0 Å². The van der Waals surface area contributed by atoms with Gasteiger partial charge in [-0.05, 0) is 13.8 Å². The van der Waals surface area contributed by atoms with Gasteiger partial charge in [0.25, 0.3) is 5.43 Å². The normalized spacial score (nSPS) is 14.6. The zero-order valence-electron chi connectivity index (χ0n) is 8.45. The molecule has 0 saturated heterocycles. The minimum atomic E-state index is -0.729. The van der Waals surface area contributed by atoms with Gasteiger partial charge in [0.05, 0.1) is 23.3 Å². The number of aliphatic hydroxyl groups is 1. The summed E-state index contributed by atoms with van der Waals surface area (Å²) in [5.41, 5.74) is -1.11. The zero-order chi connectivity index (χ0) is 11.6. The third-order valence-electron chi connectivity index (χ3n) is 2.29. The number of nitrogens with zero attached hydrogens (tertiary/aromatic N) is 2. The molecule has 82 valence electrons. The van der Waals surface area contributed by atoms with Gasteiger partial charge in [0.15, 0.2) is 0 Å². The molecule has 0 fully saturated rings. The molecule has 0 aliphatic heterocycles. The van der Waals surface area contributed by atoms with Gasteiger partial charge in [-0.15, -0.1) is 0 Å². The van der Waals surface area contributed by atoms with Gasteiger partial charge in [0.1, 0.15) is 0 Å². The first-order valence-electron chi connectivity index (χ1n) is 4.47. The molecule has 0 radical (unpaired) electrons. The third-order valence-corrected chi connectivity index (χ3v) is 2.29. The van der Waals surface area contributed by atoms with Gasteiger partial charge < -0.3 is 9.67 Å². The molecule has 1 N–H and O–H groups in total. The first-order chi connectivity index (χ1) is 6.93. The van der Waals surface area contributed by atoms with Gasteiger partial charge in [0.2, 0.25) is 0 Å².